The molecule has 4 heteroatoms. The van der Waals surface area contributed by atoms with Crippen molar-refractivity contribution in [3.05, 3.63) is 63.1 Å². The lowest BCUT2D eigenvalue weighted by atomic mass is 10.0. The molecule has 0 N–H and O–H groups in total. The van der Waals surface area contributed by atoms with Crippen LogP contribution in [0.5, 0.6) is 0 Å². The van der Waals surface area contributed by atoms with Gasteiger partial charge in [-0.3, -0.25) is 9.59 Å². The van der Waals surface area contributed by atoms with Crippen molar-refractivity contribution >= 4 is 5.78 Å². The van der Waals surface area contributed by atoms with E-state index in [-0.39, 0.29) is 17.9 Å². The van der Waals surface area contributed by atoms with Gasteiger partial charge >= 0.3 is 0 Å². The van der Waals surface area contributed by atoms with Crippen molar-refractivity contribution in [2.24, 2.45) is 0 Å². The molecule has 1 aromatic carbocycles. The molecule has 0 saturated carbocycles. The first kappa shape index (κ1) is 13.2. The summed E-state index contributed by atoms with van der Waals surface area (Å²) in [5.41, 5.74) is 3.13. The molecule has 0 aliphatic heterocycles. The zero-order valence-electron chi connectivity index (χ0n) is 11.3. The summed E-state index contributed by atoms with van der Waals surface area (Å²) in [4.78, 5) is 23.9. The second-order valence-electron chi connectivity index (χ2n) is 4.77. The third kappa shape index (κ3) is 2.96. The minimum Gasteiger partial charge on any atom is -0.292 e. The van der Waals surface area contributed by atoms with Crippen LogP contribution in [0, 0.1) is 20.8 Å². The second-order valence-corrected chi connectivity index (χ2v) is 4.77. The summed E-state index contributed by atoms with van der Waals surface area (Å²) < 4.78 is 1.19. The molecule has 0 aliphatic carbocycles. The standard InChI is InChI=1S/C15H16N2O2/c1-10-4-5-12(3)13(6-10)14(18)9-17-15(19)7-11(2)8-16-17/h4-8H,9H2,1-3H3. The number of Topliss-reactive ketones (excluding diaryl/α,β-unsaturated/α-hetero) is 1. The Morgan fingerprint density at radius 1 is 1.16 bits per heavy atom. The predicted octanol–water partition coefficient (Wildman–Crippen LogP) is 2.05. The molecule has 0 amide bonds. The SMILES string of the molecule is Cc1ccc(C)c(C(=O)Cn2ncc(C)cc2=O)c1. The molecule has 1 aromatic heterocycles. The first-order valence-corrected chi connectivity index (χ1v) is 6.11. The van der Waals surface area contributed by atoms with Crippen LogP contribution < -0.4 is 5.56 Å². The van der Waals surface area contributed by atoms with Crippen LogP contribution in [0.15, 0.2) is 35.3 Å². The summed E-state index contributed by atoms with van der Waals surface area (Å²) in [6.07, 6.45) is 1.58. The van der Waals surface area contributed by atoms with Crippen molar-refractivity contribution < 1.29 is 4.79 Å². The van der Waals surface area contributed by atoms with Gasteiger partial charge in [0.15, 0.2) is 5.78 Å². The number of carbonyl (C=O) groups excluding carboxylic acids is 1. The maximum absolute atomic E-state index is 12.2. The lowest BCUT2D eigenvalue weighted by molar-refractivity contribution is 0.0965. The van der Waals surface area contributed by atoms with E-state index in [1.165, 1.54) is 10.7 Å². The number of aromatic nitrogens is 2. The van der Waals surface area contributed by atoms with Crippen LogP contribution in [0.4, 0.5) is 0 Å². The highest BCUT2D eigenvalue weighted by Gasteiger charge is 2.11. The highest BCUT2D eigenvalue weighted by molar-refractivity contribution is 5.97. The quantitative estimate of drug-likeness (QED) is 0.790. The third-order valence-electron chi connectivity index (χ3n) is 2.99. The van der Waals surface area contributed by atoms with E-state index in [9.17, 15) is 9.59 Å². The van der Waals surface area contributed by atoms with E-state index in [0.717, 1.165) is 16.7 Å². The minimum absolute atomic E-state index is 0.0244. The smallest absolute Gasteiger partial charge is 0.267 e. The van der Waals surface area contributed by atoms with Crippen molar-refractivity contribution in [1.82, 2.24) is 9.78 Å². The Morgan fingerprint density at radius 3 is 2.58 bits per heavy atom. The van der Waals surface area contributed by atoms with E-state index in [4.69, 9.17) is 0 Å². The summed E-state index contributed by atoms with van der Waals surface area (Å²) in [6.45, 7) is 5.60. The Bertz CT molecular complexity index is 687. The average Bonchev–Trinajstić information content (AvgIpc) is 2.35. The molecule has 98 valence electrons. The fourth-order valence-electron chi connectivity index (χ4n) is 1.90. The first-order valence-electron chi connectivity index (χ1n) is 6.11. The normalized spacial score (nSPS) is 10.5. The molecule has 4 nitrogen and oxygen atoms in total. The van der Waals surface area contributed by atoms with Crippen LogP contribution in [0.25, 0.3) is 0 Å². The van der Waals surface area contributed by atoms with Gasteiger partial charge in [0.05, 0.1) is 6.20 Å². The topological polar surface area (TPSA) is 52.0 Å². The molecular formula is C15H16N2O2. The third-order valence-corrected chi connectivity index (χ3v) is 2.99. The molecule has 19 heavy (non-hydrogen) atoms. The van der Waals surface area contributed by atoms with E-state index in [0.29, 0.717) is 5.56 Å². The number of ketones is 1. The fourth-order valence-corrected chi connectivity index (χ4v) is 1.90. The summed E-state index contributed by atoms with van der Waals surface area (Å²) >= 11 is 0. The Hall–Kier alpha value is -2.23. The van der Waals surface area contributed by atoms with E-state index >= 15 is 0 Å². The molecule has 0 bridgehead atoms. The van der Waals surface area contributed by atoms with Gasteiger partial charge in [0.2, 0.25) is 0 Å². The highest BCUT2D eigenvalue weighted by atomic mass is 16.1. The predicted molar refractivity (Wildman–Crippen MR) is 73.5 cm³/mol. The number of nitrogens with zero attached hydrogens (tertiary/aromatic N) is 2. The van der Waals surface area contributed by atoms with Gasteiger partial charge in [-0.05, 0) is 38.0 Å². The number of rotatable bonds is 3. The van der Waals surface area contributed by atoms with Gasteiger partial charge in [-0.15, -0.1) is 0 Å². The lowest BCUT2D eigenvalue weighted by Crippen LogP contribution is -2.26. The Balaban J connectivity index is 2.31. The molecule has 2 aromatic rings. The highest BCUT2D eigenvalue weighted by Crippen LogP contribution is 2.11. The van der Waals surface area contributed by atoms with Gasteiger partial charge in [0, 0.05) is 11.6 Å². The van der Waals surface area contributed by atoms with E-state index in [1.54, 1.807) is 13.1 Å². The minimum atomic E-state index is -0.251. The fraction of sp³-hybridized carbons (Fsp3) is 0.267. The van der Waals surface area contributed by atoms with Gasteiger partial charge in [0.1, 0.15) is 6.54 Å². The van der Waals surface area contributed by atoms with E-state index in [1.807, 2.05) is 32.0 Å². The summed E-state index contributed by atoms with van der Waals surface area (Å²) in [6, 6.07) is 7.19. The largest absolute Gasteiger partial charge is 0.292 e. The van der Waals surface area contributed by atoms with Gasteiger partial charge in [-0.2, -0.15) is 5.10 Å². The maximum atomic E-state index is 12.2. The summed E-state index contributed by atoms with van der Waals surface area (Å²) in [7, 11) is 0. The van der Waals surface area contributed by atoms with Gasteiger partial charge in [0.25, 0.3) is 5.56 Å². The van der Waals surface area contributed by atoms with E-state index < -0.39 is 0 Å². The summed E-state index contributed by atoms with van der Waals surface area (Å²) in [5, 5.41) is 3.98. The van der Waals surface area contributed by atoms with Gasteiger partial charge in [-0.1, -0.05) is 17.7 Å². The number of benzene rings is 1. The van der Waals surface area contributed by atoms with Gasteiger partial charge in [-0.25, -0.2) is 4.68 Å². The first-order chi connectivity index (χ1) is 8.97. The molecule has 0 atom stereocenters. The van der Waals surface area contributed by atoms with Gasteiger partial charge < -0.3 is 0 Å². The maximum Gasteiger partial charge on any atom is 0.267 e. The zero-order valence-corrected chi connectivity index (χ0v) is 11.3. The van der Waals surface area contributed by atoms with Crippen LogP contribution in [0.1, 0.15) is 27.0 Å². The second kappa shape index (κ2) is 5.18. The molecule has 0 aliphatic rings. The van der Waals surface area contributed by atoms with E-state index in [2.05, 4.69) is 5.10 Å². The lowest BCUT2D eigenvalue weighted by Gasteiger charge is -2.07. The molecule has 0 radical (unpaired) electrons. The Labute approximate surface area is 111 Å². The number of hydrogen-bond donors (Lipinski definition) is 0. The zero-order chi connectivity index (χ0) is 14.0. The monoisotopic (exact) mass is 256 g/mol. The molecule has 0 saturated heterocycles. The summed E-state index contributed by atoms with van der Waals surface area (Å²) in [5.74, 6) is -0.0975. The molecular weight excluding hydrogens is 240 g/mol. The molecule has 2 rings (SSSR count). The van der Waals surface area contributed by atoms with Crippen LogP contribution >= 0.6 is 0 Å². The number of hydrogen-bond acceptors (Lipinski definition) is 3. The number of aryl methyl sites for hydroxylation is 3. The van der Waals surface area contributed by atoms with Crippen LogP contribution in [0.2, 0.25) is 0 Å². The number of carbonyl (C=O) groups is 1. The Kier molecular flexibility index (Phi) is 3.60. The van der Waals surface area contributed by atoms with Crippen molar-refractivity contribution in [3.63, 3.8) is 0 Å². The van der Waals surface area contributed by atoms with Crippen LogP contribution in [-0.2, 0) is 6.54 Å². The molecule has 0 unspecified atom stereocenters. The van der Waals surface area contributed by atoms with Crippen molar-refractivity contribution in [3.8, 4) is 0 Å². The van der Waals surface area contributed by atoms with Crippen molar-refractivity contribution in [2.45, 2.75) is 27.3 Å². The van der Waals surface area contributed by atoms with Crippen molar-refractivity contribution in [2.75, 3.05) is 0 Å². The van der Waals surface area contributed by atoms with Crippen molar-refractivity contribution in [1.29, 1.82) is 0 Å². The Morgan fingerprint density at radius 2 is 1.89 bits per heavy atom. The average molecular weight is 256 g/mol. The van der Waals surface area contributed by atoms with Crippen LogP contribution in [-0.4, -0.2) is 15.6 Å². The van der Waals surface area contributed by atoms with Crippen LogP contribution in [0.3, 0.4) is 0 Å². The molecule has 0 fully saturated rings. The molecule has 1 heterocycles. The molecule has 0 spiro atoms.